The number of methoxy groups -OCH3 is 1. The number of esters is 1. The second-order valence-electron chi connectivity index (χ2n) is 6.59. The molecule has 0 radical (unpaired) electrons. The molecule has 0 atom stereocenters. The number of aliphatic hydroxyl groups excluding tert-OH is 1. The van der Waals surface area contributed by atoms with Crippen LogP contribution in [0.3, 0.4) is 0 Å². The van der Waals surface area contributed by atoms with E-state index in [9.17, 15) is 9.90 Å². The number of hydrogen-bond acceptors (Lipinski definition) is 7. The van der Waals surface area contributed by atoms with Gasteiger partial charge in [0.2, 0.25) is 0 Å². The summed E-state index contributed by atoms with van der Waals surface area (Å²) < 4.78 is 16.1. The number of hydrogen-bond donors (Lipinski definition) is 2. The van der Waals surface area contributed by atoms with E-state index in [1.807, 2.05) is 29.2 Å². The highest BCUT2D eigenvalue weighted by Gasteiger charge is 2.21. The summed E-state index contributed by atoms with van der Waals surface area (Å²) in [6, 6.07) is 9.07. The number of aromatic hydroxyl groups is 1. The van der Waals surface area contributed by atoms with Gasteiger partial charge < -0.3 is 29.3 Å². The lowest BCUT2D eigenvalue weighted by atomic mass is 10.1. The number of carbonyl (C=O) groups excluding carboxylic acids is 1. The van der Waals surface area contributed by atoms with Crippen LogP contribution in [-0.4, -0.2) is 43.2 Å². The number of anilines is 1. The number of phenols is 1. The molecular weight excluding hydrogens is 386 g/mol. The summed E-state index contributed by atoms with van der Waals surface area (Å²) in [7, 11) is 1.47. The van der Waals surface area contributed by atoms with E-state index in [1.165, 1.54) is 13.2 Å². The van der Waals surface area contributed by atoms with E-state index in [1.54, 1.807) is 31.2 Å². The Labute approximate surface area is 175 Å². The molecular formula is C23H25NO6. The van der Waals surface area contributed by atoms with Gasteiger partial charge in [-0.05, 0) is 36.8 Å². The quantitative estimate of drug-likeness (QED) is 0.534. The minimum atomic E-state index is -0.448. The van der Waals surface area contributed by atoms with Gasteiger partial charge in [-0.15, -0.1) is 0 Å². The predicted octanol–water partition coefficient (Wildman–Crippen LogP) is 3.34. The van der Waals surface area contributed by atoms with Crippen LogP contribution in [0.15, 0.2) is 42.5 Å². The first-order valence-electron chi connectivity index (χ1n) is 9.59. The second kappa shape index (κ2) is 9.84. The molecule has 0 amide bonds. The van der Waals surface area contributed by atoms with Crippen molar-refractivity contribution in [2.75, 3.05) is 32.0 Å². The molecule has 0 saturated carbocycles. The van der Waals surface area contributed by atoms with E-state index in [-0.39, 0.29) is 19.1 Å². The van der Waals surface area contributed by atoms with Gasteiger partial charge in [0.25, 0.3) is 0 Å². The lowest BCUT2D eigenvalue weighted by Crippen LogP contribution is -2.32. The maximum atomic E-state index is 11.8. The first kappa shape index (κ1) is 21.3. The van der Waals surface area contributed by atoms with Gasteiger partial charge in [-0.2, -0.15) is 0 Å². The highest BCUT2D eigenvalue weighted by Crippen LogP contribution is 2.38. The van der Waals surface area contributed by atoms with E-state index < -0.39 is 5.97 Å². The van der Waals surface area contributed by atoms with Gasteiger partial charge in [0, 0.05) is 29.8 Å². The molecule has 3 rings (SSSR count). The third kappa shape index (κ3) is 4.93. The fourth-order valence-corrected chi connectivity index (χ4v) is 3.20. The maximum Gasteiger partial charge on any atom is 0.330 e. The molecule has 2 aromatic carbocycles. The number of ether oxygens (including phenoxy) is 3. The van der Waals surface area contributed by atoms with Crippen LogP contribution in [0.4, 0.5) is 5.69 Å². The van der Waals surface area contributed by atoms with E-state index in [4.69, 9.17) is 19.3 Å². The van der Waals surface area contributed by atoms with Gasteiger partial charge in [-0.25, -0.2) is 4.79 Å². The molecule has 7 heteroatoms. The summed E-state index contributed by atoms with van der Waals surface area (Å²) >= 11 is 0. The van der Waals surface area contributed by atoms with Crippen LogP contribution < -0.4 is 14.4 Å². The van der Waals surface area contributed by atoms with Crippen molar-refractivity contribution in [1.29, 1.82) is 0 Å². The maximum absolute atomic E-state index is 11.8. The first-order chi connectivity index (χ1) is 14.5. The fraction of sp³-hybridized carbons (Fsp3) is 0.261. The Morgan fingerprint density at radius 1 is 1.27 bits per heavy atom. The number of aliphatic hydroxyl groups is 1. The number of phenolic OH excluding ortho intramolecular Hbond substituents is 1. The molecule has 0 unspecified atom stereocenters. The molecule has 1 heterocycles. The third-order valence-corrected chi connectivity index (χ3v) is 4.59. The Balaban J connectivity index is 1.94. The SMILES string of the molecule is CCOC(=O)/C=C/c1cc(OC)c(O)cc1N1COc2ccc(/C=C/CO)cc2C1. The van der Waals surface area contributed by atoms with Crippen molar-refractivity contribution < 1.29 is 29.2 Å². The molecule has 7 nitrogen and oxygen atoms in total. The van der Waals surface area contributed by atoms with Crippen LogP contribution in [0.1, 0.15) is 23.6 Å². The van der Waals surface area contributed by atoms with Crippen molar-refractivity contribution in [3.05, 3.63) is 59.2 Å². The highest BCUT2D eigenvalue weighted by atomic mass is 16.5. The monoisotopic (exact) mass is 411 g/mol. The number of fused-ring (bicyclic) bond motifs is 1. The molecule has 2 aromatic rings. The van der Waals surface area contributed by atoms with Crippen LogP contribution in [0.2, 0.25) is 0 Å². The second-order valence-corrected chi connectivity index (χ2v) is 6.59. The molecule has 0 fully saturated rings. The molecule has 1 aliphatic heterocycles. The summed E-state index contributed by atoms with van der Waals surface area (Å²) in [5, 5.41) is 19.3. The fourth-order valence-electron chi connectivity index (χ4n) is 3.20. The zero-order chi connectivity index (χ0) is 21.5. The molecule has 30 heavy (non-hydrogen) atoms. The minimum absolute atomic E-state index is 0.00814. The van der Waals surface area contributed by atoms with Crippen molar-refractivity contribution in [2.24, 2.45) is 0 Å². The average molecular weight is 411 g/mol. The first-order valence-corrected chi connectivity index (χ1v) is 9.59. The van der Waals surface area contributed by atoms with Crippen LogP contribution in [0.5, 0.6) is 17.2 Å². The molecule has 0 bridgehead atoms. The van der Waals surface area contributed by atoms with Crippen LogP contribution >= 0.6 is 0 Å². The third-order valence-electron chi connectivity index (χ3n) is 4.59. The molecule has 0 saturated heterocycles. The van der Waals surface area contributed by atoms with Gasteiger partial charge in [0.05, 0.1) is 26.0 Å². The van der Waals surface area contributed by atoms with Crippen molar-refractivity contribution >= 4 is 23.8 Å². The Morgan fingerprint density at radius 2 is 2.10 bits per heavy atom. The number of carbonyl (C=O) groups is 1. The van der Waals surface area contributed by atoms with Gasteiger partial charge in [0.15, 0.2) is 18.2 Å². The van der Waals surface area contributed by atoms with Crippen molar-refractivity contribution in [2.45, 2.75) is 13.5 Å². The zero-order valence-corrected chi connectivity index (χ0v) is 17.0. The van der Waals surface area contributed by atoms with E-state index in [0.29, 0.717) is 30.2 Å². The molecule has 158 valence electrons. The Morgan fingerprint density at radius 3 is 2.83 bits per heavy atom. The largest absolute Gasteiger partial charge is 0.504 e. The average Bonchev–Trinajstić information content (AvgIpc) is 2.76. The standard InChI is InChI=1S/C23H25NO6/c1-3-29-23(27)9-7-17-12-22(28-2)20(26)13-19(17)24-14-18-11-16(5-4-10-25)6-8-21(18)30-15-24/h4-9,11-13,25-26H,3,10,14-15H2,1-2H3/b5-4+,9-7+. The highest BCUT2D eigenvalue weighted by molar-refractivity contribution is 5.89. The summed E-state index contributed by atoms with van der Waals surface area (Å²) in [5.74, 6) is 0.632. The summed E-state index contributed by atoms with van der Waals surface area (Å²) in [4.78, 5) is 13.7. The van der Waals surface area contributed by atoms with E-state index in [0.717, 1.165) is 16.9 Å². The van der Waals surface area contributed by atoms with Crippen LogP contribution in [0, 0.1) is 0 Å². The van der Waals surface area contributed by atoms with E-state index >= 15 is 0 Å². The molecule has 0 spiro atoms. The van der Waals surface area contributed by atoms with Gasteiger partial charge >= 0.3 is 5.97 Å². The summed E-state index contributed by atoms with van der Waals surface area (Å²) in [6.45, 7) is 2.83. The number of benzene rings is 2. The summed E-state index contributed by atoms with van der Waals surface area (Å²) in [6.07, 6.45) is 6.48. The molecule has 0 aliphatic carbocycles. The van der Waals surface area contributed by atoms with Gasteiger partial charge in [-0.1, -0.05) is 18.2 Å². The normalized spacial score (nSPS) is 13.4. The Bertz CT molecular complexity index is 966. The van der Waals surface area contributed by atoms with Crippen molar-refractivity contribution in [1.82, 2.24) is 0 Å². The molecule has 0 aromatic heterocycles. The van der Waals surface area contributed by atoms with E-state index in [2.05, 4.69) is 0 Å². The minimum Gasteiger partial charge on any atom is -0.504 e. The smallest absolute Gasteiger partial charge is 0.330 e. The Kier molecular flexibility index (Phi) is 6.98. The summed E-state index contributed by atoms with van der Waals surface area (Å²) in [5.41, 5.74) is 3.29. The molecule has 2 N–H and O–H groups in total. The topological polar surface area (TPSA) is 88.5 Å². The lowest BCUT2D eigenvalue weighted by molar-refractivity contribution is -0.137. The predicted molar refractivity (Wildman–Crippen MR) is 115 cm³/mol. The van der Waals surface area contributed by atoms with Crippen LogP contribution in [0.25, 0.3) is 12.2 Å². The Hall–Kier alpha value is -3.45. The lowest BCUT2D eigenvalue weighted by Gasteiger charge is -2.32. The van der Waals surface area contributed by atoms with Crippen molar-refractivity contribution in [3.63, 3.8) is 0 Å². The molecule has 1 aliphatic rings. The van der Waals surface area contributed by atoms with Crippen molar-refractivity contribution in [3.8, 4) is 17.2 Å². The van der Waals surface area contributed by atoms with Gasteiger partial charge in [-0.3, -0.25) is 0 Å². The number of nitrogens with zero attached hydrogens (tertiary/aromatic N) is 1. The zero-order valence-electron chi connectivity index (χ0n) is 17.0. The number of rotatable bonds is 7. The van der Waals surface area contributed by atoms with Gasteiger partial charge in [0.1, 0.15) is 5.75 Å². The van der Waals surface area contributed by atoms with Crippen LogP contribution in [-0.2, 0) is 16.1 Å².